The maximum atomic E-state index is 11.9. The first-order valence-electron chi connectivity index (χ1n) is 5.59. The summed E-state index contributed by atoms with van der Waals surface area (Å²) >= 11 is 0. The molecule has 4 heteroatoms. The fourth-order valence-electron chi connectivity index (χ4n) is 2.20. The van der Waals surface area contributed by atoms with E-state index >= 15 is 0 Å². The van der Waals surface area contributed by atoms with Crippen LogP contribution in [-0.2, 0) is 6.42 Å². The molecule has 2 rings (SSSR count). The van der Waals surface area contributed by atoms with E-state index in [9.17, 15) is 4.79 Å². The van der Waals surface area contributed by atoms with Gasteiger partial charge >= 0.3 is 6.03 Å². The van der Waals surface area contributed by atoms with E-state index in [2.05, 4.69) is 5.32 Å². The predicted octanol–water partition coefficient (Wildman–Crippen LogP) is 1.75. The van der Waals surface area contributed by atoms with Crippen molar-refractivity contribution in [1.82, 2.24) is 5.32 Å². The summed E-state index contributed by atoms with van der Waals surface area (Å²) in [6.07, 6.45) is 0.873. The minimum Gasteiger partial charge on any atom is -0.399 e. The van der Waals surface area contributed by atoms with Gasteiger partial charge in [0.05, 0.1) is 0 Å². The van der Waals surface area contributed by atoms with E-state index in [0.29, 0.717) is 6.54 Å². The van der Waals surface area contributed by atoms with Crippen LogP contribution in [0.2, 0.25) is 0 Å². The third-order valence-electron chi connectivity index (χ3n) is 2.87. The topological polar surface area (TPSA) is 58.4 Å². The van der Waals surface area contributed by atoms with Crippen molar-refractivity contribution in [2.75, 3.05) is 17.2 Å². The lowest BCUT2D eigenvalue weighted by Gasteiger charge is -2.22. The molecule has 0 aliphatic carbocycles. The van der Waals surface area contributed by atoms with E-state index in [-0.39, 0.29) is 12.1 Å². The van der Waals surface area contributed by atoms with E-state index in [4.69, 9.17) is 5.73 Å². The molecular weight excluding hydrogens is 202 g/mol. The second-order valence-corrected chi connectivity index (χ2v) is 4.15. The van der Waals surface area contributed by atoms with E-state index in [0.717, 1.165) is 23.4 Å². The average molecular weight is 219 g/mol. The van der Waals surface area contributed by atoms with Crippen molar-refractivity contribution in [2.45, 2.75) is 26.3 Å². The van der Waals surface area contributed by atoms with Crippen LogP contribution in [0.3, 0.4) is 0 Å². The third kappa shape index (κ3) is 1.71. The summed E-state index contributed by atoms with van der Waals surface area (Å²) in [5.41, 5.74) is 8.62. The first-order valence-corrected chi connectivity index (χ1v) is 5.59. The standard InChI is InChI=1S/C12H17N3O/c1-3-14-12(16)15-8(2)6-9-7-10(13)4-5-11(9)15/h4-5,7-8H,3,6,13H2,1-2H3,(H,14,16). The molecule has 0 saturated carbocycles. The van der Waals surface area contributed by atoms with Gasteiger partial charge in [0, 0.05) is 24.0 Å². The number of hydrogen-bond acceptors (Lipinski definition) is 2. The minimum atomic E-state index is -0.0291. The van der Waals surface area contributed by atoms with Crippen LogP contribution in [0.25, 0.3) is 0 Å². The Hall–Kier alpha value is -1.71. The SMILES string of the molecule is CCNC(=O)N1c2ccc(N)cc2CC1C. The van der Waals surface area contributed by atoms with Gasteiger partial charge in [-0.25, -0.2) is 4.79 Å². The Morgan fingerprint density at radius 1 is 1.62 bits per heavy atom. The molecule has 0 bridgehead atoms. The molecule has 2 amide bonds. The molecule has 3 N–H and O–H groups in total. The molecule has 0 radical (unpaired) electrons. The van der Waals surface area contributed by atoms with Crippen molar-refractivity contribution in [1.29, 1.82) is 0 Å². The fourth-order valence-corrected chi connectivity index (χ4v) is 2.20. The number of nitrogens with two attached hydrogens (primary N) is 1. The molecule has 0 saturated heterocycles. The summed E-state index contributed by atoms with van der Waals surface area (Å²) < 4.78 is 0. The summed E-state index contributed by atoms with van der Waals surface area (Å²) in [6, 6.07) is 5.87. The number of nitrogens with zero attached hydrogens (tertiary/aromatic N) is 1. The number of benzene rings is 1. The Morgan fingerprint density at radius 3 is 3.06 bits per heavy atom. The lowest BCUT2D eigenvalue weighted by Crippen LogP contribution is -2.43. The summed E-state index contributed by atoms with van der Waals surface area (Å²) in [5.74, 6) is 0. The van der Waals surface area contributed by atoms with Gasteiger partial charge in [-0.3, -0.25) is 4.90 Å². The van der Waals surface area contributed by atoms with Crippen LogP contribution in [0.5, 0.6) is 0 Å². The van der Waals surface area contributed by atoms with Crippen molar-refractivity contribution in [3.05, 3.63) is 23.8 Å². The molecule has 0 aromatic heterocycles. The third-order valence-corrected chi connectivity index (χ3v) is 2.87. The zero-order chi connectivity index (χ0) is 11.7. The largest absolute Gasteiger partial charge is 0.399 e. The van der Waals surface area contributed by atoms with Crippen molar-refractivity contribution in [2.24, 2.45) is 0 Å². The van der Waals surface area contributed by atoms with Gasteiger partial charge in [-0.1, -0.05) is 0 Å². The van der Waals surface area contributed by atoms with E-state index < -0.39 is 0 Å². The van der Waals surface area contributed by atoms with Gasteiger partial charge in [-0.15, -0.1) is 0 Å². The van der Waals surface area contributed by atoms with Crippen molar-refractivity contribution >= 4 is 17.4 Å². The number of fused-ring (bicyclic) bond motifs is 1. The highest BCUT2D eigenvalue weighted by atomic mass is 16.2. The number of carbonyl (C=O) groups excluding carboxylic acids is 1. The summed E-state index contributed by atoms with van der Waals surface area (Å²) in [5, 5.41) is 2.83. The van der Waals surface area contributed by atoms with Gasteiger partial charge in [0.25, 0.3) is 0 Å². The fraction of sp³-hybridized carbons (Fsp3) is 0.417. The maximum Gasteiger partial charge on any atom is 0.322 e. The Kier molecular flexibility index (Phi) is 2.73. The highest BCUT2D eigenvalue weighted by molar-refractivity contribution is 5.95. The lowest BCUT2D eigenvalue weighted by atomic mass is 10.1. The monoisotopic (exact) mass is 219 g/mol. The molecule has 1 aliphatic rings. The van der Waals surface area contributed by atoms with Gasteiger partial charge in [-0.2, -0.15) is 0 Å². The van der Waals surface area contributed by atoms with E-state index in [1.807, 2.05) is 32.0 Å². The molecule has 0 fully saturated rings. The van der Waals surface area contributed by atoms with Crippen molar-refractivity contribution < 1.29 is 4.79 Å². The molecule has 1 heterocycles. The molecular formula is C12H17N3O. The van der Waals surface area contributed by atoms with Crippen LogP contribution in [0.15, 0.2) is 18.2 Å². The van der Waals surface area contributed by atoms with Crippen LogP contribution in [0, 0.1) is 0 Å². The first kappa shape index (κ1) is 10.8. The van der Waals surface area contributed by atoms with E-state index in [1.54, 1.807) is 4.90 Å². The molecule has 1 atom stereocenters. The highest BCUT2D eigenvalue weighted by Gasteiger charge is 2.30. The first-order chi connectivity index (χ1) is 7.63. The molecule has 16 heavy (non-hydrogen) atoms. The zero-order valence-corrected chi connectivity index (χ0v) is 9.66. The Bertz CT molecular complexity index is 417. The highest BCUT2D eigenvalue weighted by Crippen LogP contribution is 2.33. The van der Waals surface area contributed by atoms with Gasteiger partial charge < -0.3 is 11.1 Å². The number of urea groups is 1. The zero-order valence-electron chi connectivity index (χ0n) is 9.66. The van der Waals surface area contributed by atoms with Crippen LogP contribution in [0.1, 0.15) is 19.4 Å². The maximum absolute atomic E-state index is 11.9. The van der Waals surface area contributed by atoms with E-state index in [1.165, 1.54) is 0 Å². The van der Waals surface area contributed by atoms with Crippen LogP contribution >= 0.6 is 0 Å². The van der Waals surface area contributed by atoms with Gasteiger partial charge in [-0.05, 0) is 44.0 Å². The normalized spacial score (nSPS) is 18.4. The predicted molar refractivity (Wildman–Crippen MR) is 65.6 cm³/mol. The lowest BCUT2D eigenvalue weighted by molar-refractivity contribution is 0.245. The number of hydrogen-bond donors (Lipinski definition) is 2. The second-order valence-electron chi connectivity index (χ2n) is 4.15. The summed E-state index contributed by atoms with van der Waals surface area (Å²) in [4.78, 5) is 13.7. The van der Waals surface area contributed by atoms with Gasteiger partial charge in [0.15, 0.2) is 0 Å². The van der Waals surface area contributed by atoms with Crippen molar-refractivity contribution in [3.8, 4) is 0 Å². The molecule has 4 nitrogen and oxygen atoms in total. The number of nitrogens with one attached hydrogen (secondary N) is 1. The van der Waals surface area contributed by atoms with Crippen LogP contribution in [0.4, 0.5) is 16.2 Å². The molecule has 1 unspecified atom stereocenters. The Balaban J connectivity index is 2.32. The Labute approximate surface area is 95.4 Å². The number of carbonyl (C=O) groups is 1. The quantitative estimate of drug-likeness (QED) is 0.707. The van der Waals surface area contributed by atoms with Crippen LogP contribution in [-0.4, -0.2) is 18.6 Å². The molecule has 86 valence electrons. The smallest absolute Gasteiger partial charge is 0.322 e. The van der Waals surface area contributed by atoms with Gasteiger partial charge in [0.2, 0.25) is 0 Å². The van der Waals surface area contributed by atoms with Gasteiger partial charge in [0.1, 0.15) is 0 Å². The Morgan fingerprint density at radius 2 is 2.38 bits per heavy atom. The number of rotatable bonds is 1. The molecule has 1 aromatic carbocycles. The molecule has 1 aliphatic heterocycles. The number of amides is 2. The number of anilines is 2. The molecule has 1 aromatic rings. The average Bonchev–Trinajstić information content (AvgIpc) is 2.53. The number of nitrogen functional groups attached to an aromatic ring is 1. The minimum absolute atomic E-state index is 0.0291. The summed E-state index contributed by atoms with van der Waals surface area (Å²) in [7, 11) is 0. The van der Waals surface area contributed by atoms with Crippen molar-refractivity contribution in [3.63, 3.8) is 0 Å². The molecule has 0 spiro atoms. The summed E-state index contributed by atoms with van der Waals surface area (Å²) in [6.45, 7) is 4.61. The second kappa shape index (κ2) is 4.04. The van der Waals surface area contributed by atoms with Crippen LogP contribution < -0.4 is 16.0 Å².